The third-order valence-electron chi connectivity index (χ3n) is 2.99. The maximum Gasteiger partial charge on any atom is 0.240 e. The molecule has 1 unspecified atom stereocenters. The Morgan fingerprint density at radius 3 is 2.76 bits per heavy atom. The van der Waals surface area contributed by atoms with Gasteiger partial charge in [-0.25, -0.2) is 13.1 Å². The highest BCUT2D eigenvalue weighted by Crippen LogP contribution is 2.24. The van der Waals surface area contributed by atoms with Crippen LogP contribution in [0.15, 0.2) is 39.9 Å². The van der Waals surface area contributed by atoms with Crippen LogP contribution < -0.4 is 15.2 Å². The molecule has 5 nitrogen and oxygen atoms in total. The summed E-state index contributed by atoms with van der Waals surface area (Å²) in [5.41, 5.74) is 7.22. The van der Waals surface area contributed by atoms with Gasteiger partial charge in [0, 0.05) is 12.1 Å². The normalized spacial score (nSPS) is 13.0. The summed E-state index contributed by atoms with van der Waals surface area (Å²) in [6.45, 7) is 1.84. The molecule has 0 saturated heterocycles. The number of nitrogen functional groups attached to an aromatic ring is 1. The lowest BCUT2D eigenvalue weighted by molar-refractivity contribution is 0.415. The fourth-order valence-electron chi connectivity index (χ4n) is 2.00. The minimum atomic E-state index is -3.59. The van der Waals surface area contributed by atoms with Crippen LogP contribution in [0.25, 0.3) is 0 Å². The second kappa shape index (κ2) is 6.46. The molecule has 0 bridgehead atoms. The van der Waals surface area contributed by atoms with E-state index in [1.165, 1.54) is 25.3 Å². The molecule has 0 aliphatic carbocycles. The maximum atomic E-state index is 12.3. The number of benzene rings is 1. The van der Waals surface area contributed by atoms with E-state index in [1.807, 2.05) is 23.8 Å². The monoisotopic (exact) mass is 326 g/mol. The number of nitrogens with one attached hydrogen (secondary N) is 1. The number of sulfonamides is 1. The lowest BCUT2D eigenvalue weighted by atomic mass is 10.1. The molecule has 0 fully saturated rings. The van der Waals surface area contributed by atoms with Crippen LogP contribution in [0.3, 0.4) is 0 Å². The highest BCUT2D eigenvalue weighted by atomic mass is 32.2. The van der Waals surface area contributed by atoms with Gasteiger partial charge in [0.05, 0.1) is 17.7 Å². The van der Waals surface area contributed by atoms with E-state index in [1.54, 1.807) is 11.3 Å². The van der Waals surface area contributed by atoms with E-state index in [9.17, 15) is 8.42 Å². The second-order valence-corrected chi connectivity index (χ2v) is 7.26. The summed E-state index contributed by atoms with van der Waals surface area (Å²) < 4.78 is 32.4. The molecule has 114 valence electrons. The lowest BCUT2D eigenvalue weighted by Gasteiger charge is -2.14. The van der Waals surface area contributed by atoms with E-state index in [2.05, 4.69) is 4.72 Å². The average molecular weight is 326 g/mol. The third kappa shape index (κ3) is 3.96. The highest BCUT2D eigenvalue weighted by molar-refractivity contribution is 7.89. The summed E-state index contributed by atoms with van der Waals surface area (Å²) in [7, 11) is -2.14. The summed E-state index contributed by atoms with van der Waals surface area (Å²) in [5, 5.41) is 3.98. The molecule has 0 spiro atoms. The van der Waals surface area contributed by atoms with Crippen LogP contribution in [0.1, 0.15) is 12.5 Å². The Bertz CT molecular complexity index is 697. The number of rotatable bonds is 6. The predicted molar refractivity (Wildman–Crippen MR) is 85.2 cm³/mol. The van der Waals surface area contributed by atoms with Gasteiger partial charge in [-0.3, -0.25) is 0 Å². The van der Waals surface area contributed by atoms with Crippen molar-refractivity contribution in [2.75, 3.05) is 12.8 Å². The fourth-order valence-corrected chi connectivity index (χ4v) is 3.94. The number of nitrogens with two attached hydrogens (primary N) is 1. The van der Waals surface area contributed by atoms with Crippen molar-refractivity contribution in [3.05, 3.63) is 40.6 Å². The summed E-state index contributed by atoms with van der Waals surface area (Å²) in [6.07, 6.45) is 0.648. The number of anilines is 1. The Kier molecular flexibility index (Phi) is 4.87. The molecule has 21 heavy (non-hydrogen) atoms. The molecule has 3 N–H and O–H groups in total. The number of methoxy groups -OCH3 is 1. The van der Waals surface area contributed by atoms with E-state index < -0.39 is 10.0 Å². The fraction of sp³-hybridized carbons (Fsp3) is 0.286. The summed E-state index contributed by atoms with van der Waals surface area (Å²) in [6, 6.07) is 6.21. The van der Waals surface area contributed by atoms with E-state index >= 15 is 0 Å². The van der Waals surface area contributed by atoms with Crippen molar-refractivity contribution >= 4 is 27.0 Å². The van der Waals surface area contributed by atoms with Crippen LogP contribution in [0.5, 0.6) is 5.75 Å². The van der Waals surface area contributed by atoms with Gasteiger partial charge in [0.25, 0.3) is 0 Å². The van der Waals surface area contributed by atoms with Crippen molar-refractivity contribution in [3.63, 3.8) is 0 Å². The van der Waals surface area contributed by atoms with Crippen molar-refractivity contribution in [2.24, 2.45) is 0 Å². The maximum absolute atomic E-state index is 12.3. The van der Waals surface area contributed by atoms with E-state index in [0.717, 1.165) is 5.56 Å². The van der Waals surface area contributed by atoms with Crippen LogP contribution >= 0.6 is 11.3 Å². The van der Waals surface area contributed by atoms with Gasteiger partial charge < -0.3 is 10.5 Å². The summed E-state index contributed by atoms with van der Waals surface area (Å²) >= 11 is 1.59. The largest absolute Gasteiger partial charge is 0.495 e. The zero-order chi connectivity index (χ0) is 15.5. The quantitative estimate of drug-likeness (QED) is 0.798. The van der Waals surface area contributed by atoms with Crippen molar-refractivity contribution < 1.29 is 13.2 Å². The molecule has 0 aliphatic rings. The second-order valence-electron chi connectivity index (χ2n) is 4.76. The van der Waals surface area contributed by atoms with Gasteiger partial charge >= 0.3 is 0 Å². The Morgan fingerprint density at radius 1 is 1.38 bits per heavy atom. The molecule has 0 saturated carbocycles. The number of hydrogen-bond acceptors (Lipinski definition) is 5. The zero-order valence-electron chi connectivity index (χ0n) is 11.9. The molecule has 1 heterocycles. The highest BCUT2D eigenvalue weighted by Gasteiger charge is 2.19. The van der Waals surface area contributed by atoms with Gasteiger partial charge in [0.1, 0.15) is 5.75 Å². The molecule has 2 aromatic rings. The van der Waals surface area contributed by atoms with Crippen molar-refractivity contribution in [1.29, 1.82) is 0 Å². The van der Waals surface area contributed by atoms with Crippen molar-refractivity contribution in [1.82, 2.24) is 4.72 Å². The average Bonchev–Trinajstić information content (AvgIpc) is 2.91. The van der Waals surface area contributed by atoms with Crippen molar-refractivity contribution in [2.45, 2.75) is 24.3 Å². The summed E-state index contributed by atoms with van der Waals surface area (Å²) in [5.74, 6) is 0.350. The van der Waals surface area contributed by atoms with Crippen LogP contribution in [0, 0.1) is 0 Å². The van der Waals surface area contributed by atoms with Gasteiger partial charge in [-0.2, -0.15) is 11.3 Å². The van der Waals surface area contributed by atoms with E-state index in [4.69, 9.17) is 10.5 Å². The predicted octanol–water partition coefficient (Wildman–Crippen LogP) is 2.25. The lowest BCUT2D eigenvalue weighted by Crippen LogP contribution is -2.34. The van der Waals surface area contributed by atoms with Gasteiger partial charge in [-0.15, -0.1) is 0 Å². The van der Waals surface area contributed by atoms with Crippen LogP contribution in [-0.4, -0.2) is 21.6 Å². The summed E-state index contributed by atoms with van der Waals surface area (Å²) in [4.78, 5) is 0.144. The van der Waals surface area contributed by atoms with Crippen LogP contribution in [-0.2, 0) is 16.4 Å². The minimum Gasteiger partial charge on any atom is -0.495 e. The Labute approximate surface area is 128 Å². The van der Waals surface area contributed by atoms with Crippen LogP contribution in [0.2, 0.25) is 0 Å². The minimum absolute atomic E-state index is 0.144. The first kappa shape index (κ1) is 15.8. The molecular formula is C14H18N2O3S2. The first-order valence-electron chi connectivity index (χ1n) is 6.39. The SMILES string of the molecule is COc1cc(S(=O)(=O)NC(C)Cc2ccsc2)ccc1N. The molecule has 1 aromatic heterocycles. The molecule has 1 atom stereocenters. The van der Waals surface area contributed by atoms with Gasteiger partial charge in [0.2, 0.25) is 10.0 Å². The number of thiophene rings is 1. The van der Waals surface area contributed by atoms with E-state index in [-0.39, 0.29) is 10.9 Å². The van der Waals surface area contributed by atoms with Gasteiger partial charge in [-0.05, 0) is 47.9 Å². The van der Waals surface area contributed by atoms with Crippen molar-refractivity contribution in [3.8, 4) is 5.75 Å². The van der Waals surface area contributed by atoms with Gasteiger partial charge in [-0.1, -0.05) is 0 Å². The number of hydrogen-bond donors (Lipinski definition) is 2. The standard InChI is InChI=1S/C14H18N2O3S2/c1-10(7-11-5-6-20-9-11)16-21(17,18)12-3-4-13(15)14(8-12)19-2/h3-6,8-10,16H,7,15H2,1-2H3. The molecular weight excluding hydrogens is 308 g/mol. The molecule has 2 rings (SSSR count). The molecule has 7 heteroatoms. The first-order chi connectivity index (χ1) is 9.92. The Balaban J connectivity index is 2.14. The number of ether oxygens (including phenoxy) is 1. The van der Waals surface area contributed by atoms with Gasteiger partial charge in [0.15, 0.2) is 0 Å². The molecule has 0 aliphatic heterocycles. The van der Waals surface area contributed by atoms with E-state index in [0.29, 0.717) is 17.9 Å². The topological polar surface area (TPSA) is 81.4 Å². The smallest absolute Gasteiger partial charge is 0.240 e. The molecule has 0 radical (unpaired) electrons. The molecule has 1 aromatic carbocycles. The third-order valence-corrected chi connectivity index (χ3v) is 5.31. The zero-order valence-corrected chi connectivity index (χ0v) is 13.5. The Morgan fingerprint density at radius 2 is 2.14 bits per heavy atom. The Hall–Kier alpha value is -1.57. The molecule has 0 amide bonds. The first-order valence-corrected chi connectivity index (χ1v) is 8.82. The van der Waals surface area contributed by atoms with Crippen LogP contribution in [0.4, 0.5) is 5.69 Å².